The number of ketones is 1. The Kier molecular flexibility index (Phi) is 5.05. The summed E-state index contributed by atoms with van der Waals surface area (Å²) in [5.41, 5.74) is 1.78. The van der Waals surface area contributed by atoms with Gasteiger partial charge in [0.15, 0.2) is 11.4 Å². The minimum Gasteiger partial charge on any atom is -0.462 e. The van der Waals surface area contributed by atoms with Crippen LogP contribution in [-0.4, -0.2) is 47.7 Å². The van der Waals surface area contributed by atoms with Crippen LogP contribution in [0.25, 0.3) is 17.2 Å². The van der Waals surface area contributed by atoms with E-state index < -0.39 is 11.9 Å². The molecule has 0 saturated carbocycles. The maximum atomic E-state index is 13.4. The van der Waals surface area contributed by atoms with Gasteiger partial charge in [0.05, 0.1) is 12.8 Å². The van der Waals surface area contributed by atoms with Gasteiger partial charge in [-0.25, -0.2) is 19.3 Å². The number of nitrogens with zero attached hydrogens (tertiary/aromatic N) is 6. The van der Waals surface area contributed by atoms with E-state index in [-0.39, 0.29) is 35.9 Å². The first-order chi connectivity index (χ1) is 14.5. The van der Waals surface area contributed by atoms with E-state index in [1.807, 2.05) is 0 Å². The van der Waals surface area contributed by atoms with Gasteiger partial charge in [0, 0.05) is 19.7 Å². The summed E-state index contributed by atoms with van der Waals surface area (Å²) >= 11 is 0. The Morgan fingerprint density at radius 3 is 2.80 bits per heavy atom. The topological polar surface area (TPSA) is 104 Å². The van der Waals surface area contributed by atoms with Crippen molar-refractivity contribution in [1.82, 2.24) is 29.4 Å². The van der Waals surface area contributed by atoms with Crippen LogP contribution in [0.1, 0.15) is 33.3 Å². The standard InChI is InChI=1S/C20H17FN6O3/c1-3-30-20(29)13-11-22-26(2)18(13)15(28)9-12-7-8-27-17(10-12)24-19(25-27)14-5-4-6-16(21)23-14/h4-8,10-11H,3,9H2,1-2H3. The molecule has 0 aliphatic carbocycles. The summed E-state index contributed by atoms with van der Waals surface area (Å²) in [6.45, 7) is 1.89. The van der Waals surface area contributed by atoms with Crippen LogP contribution in [0.2, 0.25) is 0 Å². The molecule has 0 aliphatic heterocycles. The molecule has 0 amide bonds. The molecule has 0 saturated heterocycles. The van der Waals surface area contributed by atoms with Crippen molar-refractivity contribution >= 4 is 17.4 Å². The fourth-order valence-electron chi connectivity index (χ4n) is 3.07. The minimum absolute atomic E-state index is 0.0306. The molecule has 4 aromatic heterocycles. The number of rotatable bonds is 6. The van der Waals surface area contributed by atoms with Crippen molar-refractivity contribution < 1.29 is 18.7 Å². The van der Waals surface area contributed by atoms with Crippen LogP contribution in [0.3, 0.4) is 0 Å². The third kappa shape index (κ3) is 3.66. The molecule has 0 radical (unpaired) electrons. The van der Waals surface area contributed by atoms with Crippen LogP contribution in [0.5, 0.6) is 0 Å². The number of pyridine rings is 2. The summed E-state index contributed by atoms with van der Waals surface area (Å²) in [5, 5.41) is 8.29. The van der Waals surface area contributed by atoms with Gasteiger partial charge in [0.2, 0.25) is 11.8 Å². The quantitative estimate of drug-likeness (QED) is 0.274. The van der Waals surface area contributed by atoms with Gasteiger partial charge in [0.1, 0.15) is 17.0 Å². The van der Waals surface area contributed by atoms with Crippen molar-refractivity contribution in [3.63, 3.8) is 0 Å². The van der Waals surface area contributed by atoms with Gasteiger partial charge in [-0.15, -0.1) is 5.10 Å². The van der Waals surface area contributed by atoms with E-state index in [4.69, 9.17) is 4.74 Å². The number of Topliss-reactive ketones (excluding diaryl/α,β-unsaturated/α-hetero) is 1. The molecule has 30 heavy (non-hydrogen) atoms. The Morgan fingerprint density at radius 2 is 2.03 bits per heavy atom. The molecule has 0 unspecified atom stereocenters. The summed E-state index contributed by atoms with van der Waals surface area (Å²) in [7, 11) is 1.59. The second-order valence-electron chi connectivity index (χ2n) is 6.47. The van der Waals surface area contributed by atoms with Crippen molar-refractivity contribution in [3.8, 4) is 11.5 Å². The van der Waals surface area contributed by atoms with E-state index in [1.165, 1.54) is 27.5 Å². The molecule has 0 spiro atoms. The zero-order valence-electron chi connectivity index (χ0n) is 16.2. The number of carbonyl (C=O) groups excluding carboxylic acids is 2. The summed E-state index contributed by atoms with van der Waals surface area (Å²) < 4.78 is 21.2. The molecule has 152 valence electrons. The van der Waals surface area contributed by atoms with Crippen LogP contribution in [0.4, 0.5) is 4.39 Å². The average molecular weight is 408 g/mol. The summed E-state index contributed by atoms with van der Waals surface area (Å²) in [4.78, 5) is 33.1. The highest BCUT2D eigenvalue weighted by Gasteiger charge is 2.23. The van der Waals surface area contributed by atoms with Gasteiger partial charge in [-0.3, -0.25) is 9.48 Å². The molecule has 4 aromatic rings. The highest BCUT2D eigenvalue weighted by molar-refractivity contribution is 6.05. The van der Waals surface area contributed by atoms with Crippen LogP contribution in [0, 0.1) is 5.95 Å². The van der Waals surface area contributed by atoms with E-state index in [2.05, 4.69) is 20.2 Å². The maximum absolute atomic E-state index is 13.4. The monoisotopic (exact) mass is 408 g/mol. The Bertz CT molecular complexity index is 1260. The second kappa shape index (κ2) is 7.82. The Morgan fingerprint density at radius 1 is 1.20 bits per heavy atom. The largest absolute Gasteiger partial charge is 0.462 e. The molecule has 0 aromatic carbocycles. The molecule has 4 rings (SSSR count). The van der Waals surface area contributed by atoms with Crippen molar-refractivity contribution in [3.05, 3.63) is 65.5 Å². The van der Waals surface area contributed by atoms with Crippen molar-refractivity contribution in [1.29, 1.82) is 0 Å². The number of hydrogen-bond donors (Lipinski definition) is 0. The van der Waals surface area contributed by atoms with Gasteiger partial charge in [-0.1, -0.05) is 6.07 Å². The molecule has 0 fully saturated rings. The molecule has 9 nitrogen and oxygen atoms in total. The molecule has 0 atom stereocenters. The van der Waals surface area contributed by atoms with Crippen LogP contribution in [0.15, 0.2) is 42.7 Å². The highest BCUT2D eigenvalue weighted by Crippen LogP contribution is 2.17. The van der Waals surface area contributed by atoms with E-state index in [1.54, 1.807) is 38.4 Å². The summed E-state index contributed by atoms with van der Waals surface area (Å²) in [6, 6.07) is 7.81. The van der Waals surface area contributed by atoms with Crippen molar-refractivity contribution in [2.45, 2.75) is 13.3 Å². The number of esters is 1. The Labute approximate surface area is 170 Å². The Hall–Kier alpha value is -3.95. The third-order valence-electron chi connectivity index (χ3n) is 4.41. The zero-order valence-corrected chi connectivity index (χ0v) is 16.2. The first kappa shape index (κ1) is 19.4. The van der Waals surface area contributed by atoms with Crippen LogP contribution >= 0.6 is 0 Å². The Balaban J connectivity index is 1.61. The predicted octanol–water partition coefficient (Wildman–Crippen LogP) is 2.27. The van der Waals surface area contributed by atoms with Crippen molar-refractivity contribution in [2.75, 3.05) is 6.61 Å². The number of hydrogen-bond acceptors (Lipinski definition) is 7. The minimum atomic E-state index is -0.619. The van der Waals surface area contributed by atoms with Gasteiger partial charge in [0.25, 0.3) is 0 Å². The molecule has 4 heterocycles. The van der Waals surface area contributed by atoms with Gasteiger partial charge >= 0.3 is 5.97 Å². The smallest absolute Gasteiger partial charge is 0.342 e. The average Bonchev–Trinajstić information content (AvgIpc) is 3.31. The lowest BCUT2D eigenvalue weighted by Gasteiger charge is -2.06. The van der Waals surface area contributed by atoms with Gasteiger partial charge in [-0.05, 0) is 36.8 Å². The van der Waals surface area contributed by atoms with E-state index in [0.29, 0.717) is 16.9 Å². The number of fused-ring (bicyclic) bond motifs is 1. The number of ether oxygens (including phenoxy) is 1. The number of aromatic nitrogens is 6. The first-order valence-corrected chi connectivity index (χ1v) is 9.17. The van der Waals surface area contributed by atoms with Crippen LogP contribution in [-0.2, 0) is 18.2 Å². The van der Waals surface area contributed by atoms with E-state index in [9.17, 15) is 14.0 Å². The maximum Gasteiger partial charge on any atom is 0.342 e. The van der Waals surface area contributed by atoms with E-state index in [0.717, 1.165) is 0 Å². The normalized spacial score (nSPS) is 11.0. The molecule has 0 bridgehead atoms. The highest BCUT2D eigenvalue weighted by atomic mass is 19.1. The zero-order chi connectivity index (χ0) is 21.3. The van der Waals surface area contributed by atoms with Crippen LogP contribution < -0.4 is 0 Å². The third-order valence-corrected chi connectivity index (χ3v) is 4.41. The van der Waals surface area contributed by atoms with Gasteiger partial charge < -0.3 is 4.74 Å². The lowest BCUT2D eigenvalue weighted by molar-refractivity contribution is 0.0522. The molecule has 0 aliphatic rings. The first-order valence-electron chi connectivity index (χ1n) is 9.17. The molecular formula is C20H17FN6O3. The number of aryl methyl sites for hydroxylation is 1. The summed E-state index contributed by atoms with van der Waals surface area (Å²) in [6.07, 6.45) is 3.01. The molecule has 10 heteroatoms. The lowest BCUT2D eigenvalue weighted by Crippen LogP contribution is -2.15. The van der Waals surface area contributed by atoms with E-state index >= 15 is 0 Å². The lowest BCUT2D eigenvalue weighted by atomic mass is 10.1. The SMILES string of the molecule is CCOC(=O)c1cnn(C)c1C(=O)Cc1ccn2nc(-c3cccc(F)n3)nc2c1. The number of halogens is 1. The van der Waals surface area contributed by atoms with Crippen molar-refractivity contribution in [2.24, 2.45) is 7.05 Å². The molecular weight excluding hydrogens is 391 g/mol. The predicted molar refractivity (Wildman–Crippen MR) is 103 cm³/mol. The fraction of sp³-hybridized carbons (Fsp3) is 0.200. The molecule has 0 N–H and O–H groups in total. The van der Waals surface area contributed by atoms with Gasteiger partial charge in [-0.2, -0.15) is 9.49 Å². The second-order valence-corrected chi connectivity index (χ2v) is 6.47. The number of carbonyl (C=O) groups is 2. The fourth-order valence-corrected chi connectivity index (χ4v) is 3.07. The summed E-state index contributed by atoms with van der Waals surface area (Å²) in [5.74, 6) is -1.22.